The van der Waals surface area contributed by atoms with Gasteiger partial charge in [0.1, 0.15) is 16.5 Å². The van der Waals surface area contributed by atoms with Crippen molar-refractivity contribution in [3.8, 4) is 6.07 Å². The minimum Gasteiger partial charge on any atom is -0.366 e. The van der Waals surface area contributed by atoms with Crippen LogP contribution in [0.5, 0.6) is 0 Å². The first kappa shape index (κ1) is 19.6. The van der Waals surface area contributed by atoms with E-state index in [0.29, 0.717) is 56.3 Å². The summed E-state index contributed by atoms with van der Waals surface area (Å²) in [4.78, 5) is 8.60. The van der Waals surface area contributed by atoms with E-state index >= 15 is 0 Å². The van der Waals surface area contributed by atoms with Crippen LogP contribution < -0.4 is 9.80 Å². The van der Waals surface area contributed by atoms with Crippen molar-refractivity contribution in [2.75, 3.05) is 49.1 Å². The summed E-state index contributed by atoms with van der Waals surface area (Å²) in [6.45, 7) is 3.64. The monoisotopic (exact) mass is 415 g/mol. The van der Waals surface area contributed by atoms with E-state index in [1.54, 1.807) is 24.3 Å². The number of nitrogens with zero attached hydrogens (tertiary/aromatic N) is 5. The molecule has 0 atom stereocenters. The SMILES string of the molecule is N#Cc1ccc(N2CCN(c3ccc(S(=O)(=O)N4CCCC4)cn3)CC2)c(F)c1. The number of benzene rings is 1. The molecule has 1 aromatic heterocycles. The molecule has 0 radical (unpaired) electrons. The summed E-state index contributed by atoms with van der Waals surface area (Å²) in [6.07, 6.45) is 3.22. The molecule has 7 nitrogen and oxygen atoms in total. The van der Waals surface area contributed by atoms with Gasteiger partial charge in [-0.1, -0.05) is 0 Å². The van der Waals surface area contributed by atoms with E-state index in [0.717, 1.165) is 12.8 Å². The quantitative estimate of drug-likeness (QED) is 0.762. The fourth-order valence-electron chi connectivity index (χ4n) is 3.80. The first-order chi connectivity index (χ1) is 14.0. The molecule has 2 aliphatic heterocycles. The van der Waals surface area contributed by atoms with E-state index in [-0.39, 0.29) is 4.90 Å². The average Bonchev–Trinajstić information content (AvgIpc) is 3.30. The van der Waals surface area contributed by atoms with E-state index in [1.807, 2.05) is 11.0 Å². The zero-order valence-corrected chi connectivity index (χ0v) is 16.8. The van der Waals surface area contributed by atoms with E-state index in [2.05, 4.69) is 9.88 Å². The lowest BCUT2D eigenvalue weighted by Gasteiger charge is -2.36. The van der Waals surface area contributed by atoms with Crippen LogP contribution >= 0.6 is 0 Å². The van der Waals surface area contributed by atoms with Gasteiger partial charge in [-0.25, -0.2) is 17.8 Å². The van der Waals surface area contributed by atoms with Gasteiger partial charge >= 0.3 is 0 Å². The molecule has 0 N–H and O–H groups in total. The minimum absolute atomic E-state index is 0.224. The van der Waals surface area contributed by atoms with Crippen molar-refractivity contribution in [2.24, 2.45) is 0 Å². The van der Waals surface area contributed by atoms with Gasteiger partial charge in [-0.2, -0.15) is 9.57 Å². The topological polar surface area (TPSA) is 80.5 Å². The molecule has 2 saturated heterocycles. The van der Waals surface area contributed by atoms with Gasteiger partial charge in [0, 0.05) is 45.5 Å². The van der Waals surface area contributed by atoms with Gasteiger partial charge in [0.05, 0.1) is 17.3 Å². The summed E-state index contributed by atoms with van der Waals surface area (Å²) in [5.41, 5.74) is 0.793. The van der Waals surface area contributed by atoms with Crippen molar-refractivity contribution in [1.29, 1.82) is 5.26 Å². The van der Waals surface area contributed by atoms with Crippen molar-refractivity contribution in [1.82, 2.24) is 9.29 Å². The number of rotatable bonds is 4. The van der Waals surface area contributed by atoms with Crippen LogP contribution in [0.15, 0.2) is 41.4 Å². The summed E-state index contributed by atoms with van der Waals surface area (Å²) in [7, 11) is -3.46. The summed E-state index contributed by atoms with van der Waals surface area (Å²) in [5, 5.41) is 8.87. The van der Waals surface area contributed by atoms with Crippen molar-refractivity contribution in [3.63, 3.8) is 0 Å². The smallest absolute Gasteiger partial charge is 0.244 e. The van der Waals surface area contributed by atoms with Gasteiger partial charge < -0.3 is 9.80 Å². The highest BCUT2D eigenvalue weighted by Gasteiger charge is 2.28. The number of hydrogen-bond donors (Lipinski definition) is 0. The molecule has 0 aliphatic carbocycles. The minimum atomic E-state index is -3.46. The number of nitriles is 1. The van der Waals surface area contributed by atoms with Gasteiger partial charge in [-0.15, -0.1) is 0 Å². The first-order valence-corrected chi connectivity index (χ1v) is 11.1. The molecular formula is C20H22FN5O2S. The first-order valence-electron chi connectivity index (χ1n) is 9.65. The molecule has 0 amide bonds. The Kier molecular flexibility index (Phi) is 5.39. The molecule has 0 bridgehead atoms. The summed E-state index contributed by atoms with van der Waals surface area (Å²) in [5.74, 6) is 0.317. The Hall–Kier alpha value is -2.70. The van der Waals surface area contributed by atoms with Gasteiger partial charge in [0.15, 0.2) is 0 Å². The second-order valence-electron chi connectivity index (χ2n) is 7.22. The third-order valence-electron chi connectivity index (χ3n) is 5.44. The van der Waals surface area contributed by atoms with Crippen molar-refractivity contribution in [3.05, 3.63) is 47.9 Å². The van der Waals surface area contributed by atoms with Crippen molar-refractivity contribution in [2.45, 2.75) is 17.7 Å². The van der Waals surface area contributed by atoms with Crippen LogP contribution in [0.1, 0.15) is 18.4 Å². The number of sulfonamides is 1. The lowest BCUT2D eigenvalue weighted by atomic mass is 10.2. The molecular weight excluding hydrogens is 393 g/mol. The molecule has 4 rings (SSSR count). The Bertz CT molecular complexity index is 1020. The van der Waals surface area contributed by atoms with Crippen LogP contribution in [0, 0.1) is 17.1 Å². The van der Waals surface area contributed by atoms with E-state index in [9.17, 15) is 12.8 Å². The lowest BCUT2D eigenvalue weighted by molar-refractivity contribution is 0.477. The predicted octanol–water partition coefficient (Wildman–Crippen LogP) is 2.20. The molecule has 2 fully saturated rings. The average molecular weight is 415 g/mol. The summed E-state index contributed by atoms with van der Waals surface area (Å²) >= 11 is 0. The Balaban J connectivity index is 1.42. The number of hydrogen-bond acceptors (Lipinski definition) is 6. The maximum Gasteiger partial charge on any atom is 0.244 e. The molecule has 0 unspecified atom stereocenters. The molecule has 3 heterocycles. The predicted molar refractivity (Wildman–Crippen MR) is 108 cm³/mol. The molecule has 2 aromatic rings. The molecule has 152 valence electrons. The molecule has 1 aromatic carbocycles. The highest BCUT2D eigenvalue weighted by atomic mass is 32.2. The lowest BCUT2D eigenvalue weighted by Crippen LogP contribution is -2.47. The summed E-state index contributed by atoms with van der Waals surface area (Å²) < 4.78 is 41.0. The summed E-state index contributed by atoms with van der Waals surface area (Å²) in [6, 6.07) is 9.80. The molecule has 9 heteroatoms. The molecule has 0 saturated carbocycles. The van der Waals surface area contributed by atoms with Crippen molar-refractivity contribution >= 4 is 21.5 Å². The highest BCUT2D eigenvalue weighted by Crippen LogP contribution is 2.25. The van der Waals surface area contributed by atoms with Gasteiger partial charge in [-0.05, 0) is 43.2 Å². The Morgan fingerprint density at radius 2 is 1.66 bits per heavy atom. The largest absolute Gasteiger partial charge is 0.366 e. The van der Waals surface area contributed by atoms with Crippen LogP contribution in [0.25, 0.3) is 0 Å². The van der Waals surface area contributed by atoms with Gasteiger partial charge in [0.2, 0.25) is 10.0 Å². The fraction of sp³-hybridized carbons (Fsp3) is 0.400. The van der Waals surface area contributed by atoms with Crippen LogP contribution in [0.3, 0.4) is 0 Å². The molecule has 0 spiro atoms. The zero-order valence-electron chi connectivity index (χ0n) is 16.0. The maximum absolute atomic E-state index is 14.2. The van der Waals surface area contributed by atoms with Crippen LogP contribution in [-0.2, 0) is 10.0 Å². The Labute approximate surface area is 170 Å². The fourth-order valence-corrected chi connectivity index (χ4v) is 5.26. The third kappa shape index (κ3) is 3.91. The Morgan fingerprint density at radius 3 is 2.24 bits per heavy atom. The van der Waals surface area contributed by atoms with E-state index < -0.39 is 15.8 Å². The number of pyridine rings is 1. The van der Waals surface area contributed by atoms with Crippen molar-refractivity contribution < 1.29 is 12.8 Å². The highest BCUT2D eigenvalue weighted by molar-refractivity contribution is 7.89. The van der Waals surface area contributed by atoms with Crippen LogP contribution in [0.4, 0.5) is 15.9 Å². The molecule has 29 heavy (non-hydrogen) atoms. The maximum atomic E-state index is 14.2. The second kappa shape index (κ2) is 7.97. The standard InChI is InChI=1S/C20H22FN5O2S/c21-18-13-16(14-22)3-5-19(18)24-9-11-25(12-10-24)20-6-4-17(15-23-20)29(27,28)26-7-1-2-8-26/h3-6,13,15H,1-2,7-12H2. The normalized spacial score (nSPS) is 18.1. The third-order valence-corrected chi connectivity index (χ3v) is 7.33. The number of halogens is 1. The van der Waals surface area contributed by atoms with E-state index in [4.69, 9.17) is 5.26 Å². The van der Waals surface area contributed by atoms with Gasteiger partial charge in [-0.3, -0.25) is 0 Å². The number of piperazine rings is 1. The number of aromatic nitrogens is 1. The second-order valence-corrected chi connectivity index (χ2v) is 9.15. The Morgan fingerprint density at radius 1 is 0.966 bits per heavy atom. The molecule has 2 aliphatic rings. The van der Waals surface area contributed by atoms with E-state index in [1.165, 1.54) is 16.6 Å². The van der Waals surface area contributed by atoms with Crippen LogP contribution in [-0.4, -0.2) is 57.0 Å². The number of anilines is 2. The van der Waals surface area contributed by atoms with Crippen LogP contribution in [0.2, 0.25) is 0 Å². The van der Waals surface area contributed by atoms with Gasteiger partial charge in [0.25, 0.3) is 0 Å². The zero-order chi connectivity index (χ0) is 20.4.